The van der Waals surface area contributed by atoms with Crippen molar-refractivity contribution in [2.75, 3.05) is 14.1 Å². The van der Waals surface area contributed by atoms with Gasteiger partial charge in [-0.2, -0.15) is 0 Å². The van der Waals surface area contributed by atoms with E-state index in [0.29, 0.717) is 6.04 Å². The minimum Gasteiger partial charge on any atom is -0.329 e. The van der Waals surface area contributed by atoms with Crippen molar-refractivity contribution in [1.82, 2.24) is 29.4 Å². The van der Waals surface area contributed by atoms with Crippen LogP contribution in [0.4, 0.5) is 0 Å². The van der Waals surface area contributed by atoms with Crippen molar-refractivity contribution in [2.45, 2.75) is 33.0 Å². The average molecular weight is 324 g/mol. The van der Waals surface area contributed by atoms with Gasteiger partial charge >= 0.3 is 0 Å². The molecule has 0 aliphatic rings. The lowest BCUT2D eigenvalue weighted by Gasteiger charge is -2.20. The molecule has 3 aromatic rings. The zero-order valence-electron chi connectivity index (χ0n) is 14.7. The molecule has 0 fully saturated rings. The quantitative estimate of drug-likeness (QED) is 0.699. The fourth-order valence-electron chi connectivity index (χ4n) is 2.70. The van der Waals surface area contributed by atoms with Crippen LogP contribution in [-0.4, -0.2) is 43.5 Å². The molecule has 0 saturated heterocycles. The van der Waals surface area contributed by atoms with Crippen molar-refractivity contribution in [1.29, 1.82) is 0 Å². The van der Waals surface area contributed by atoms with Crippen molar-refractivity contribution in [3.05, 3.63) is 54.1 Å². The lowest BCUT2D eigenvalue weighted by molar-refractivity contribution is 0.321. The Labute approximate surface area is 142 Å². The number of benzene rings is 1. The Morgan fingerprint density at radius 3 is 2.75 bits per heavy atom. The monoisotopic (exact) mass is 324 g/mol. The van der Waals surface area contributed by atoms with Crippen LogP contribution in [0.15, 0.2) is 42.9 Å². The second-order valence-electron chi connectivity index (χ2n) is 6.33. The molecular weight excluding hydrogens is 300 g/mol. The highest BCUT2D eigenvalue weighted by Crippen LogP contribution is 2.24. The normalized spacial score (nSPS) is 12.7. The van der Waals surface area contributed by atoms with Gasteiger partial charge in [-0.05, 0) is 39.6 Å². The summed E-state index contributed by atoms with van der Waals surface area (Å²) < 4.78 is 4.03. The summed E-state index contributed by atoms with van der Waals surface area (Å²) in [5.41, 5.74) is 3.37. The van der Waals surface area contributed by atoms with E-state index >= 15 is 0 Å². The highest BCUT2D eigenvalue weighted by atomic mass is 15.4. The molecule has 1 atom stereocenters. The standard InChI is InChI=1S/C18H24N6/c1-14-13-24(21-20-14)11-10-23-9-8-19-18(23)17-7-5-6-16(12-17)15(2)22(3)4/h5-9,12-13,15H,10-11H2,1-4H3/t15-/m1/s1. The van der Waals surface area contributed by atoms with E-state index < -0.39 is 0 Å². The van der Waals surface area contributed by atoms with E-state index in [0.717, 1.165) is 30.2 Å². The minimum atomic E-state index is 0.367. The SMILES string of the molecule is Cc1cn(CCn2ccnc2-c2cccc([C@@H](C)N(C)C)c2)nn1. The number of imidazole rings is 1. The third-order valence-electron chi connectivity index (χ3n) is 4.34. The Hall–Kier alpha value is -2.47. The molecule has 0 unspecified atom stereocenters. The molecule has 0 saturated carbocycles. The summed E-state index contributed by atoms with van der Waals surface area (Å²) in [5.74, 6) is 0.986. The van der Waals surface area contributed by atoms with Gasteiger partial charge in [0.1, 0.15) is 5.82 Å². The molecule has 0 amide bonds. The summed E-state index contributed by atoms with van der Waals surface area (Å²) in [7, 11) is 4.19. The van der Waals surface area contributed by atoms with E-state index in [-0.39, 0.29) is 0 Å². The van der Waals surface area contributed by atoms with Gasteiger partial charge in [-0.1, -0.05) is 23.4 Å². The molecule has 0 aliphatic carbocycles. The minimum absolute atomic E-state index is 0.367. The number of hydrogen-bond donors (Lipinski definition) is 0. The van der Waals surface area contributed by atoms with Gasteiger partial charge in [0.05, 0.1) is 12.2 Å². The summed E-state index contributed by atoms with van der Waals surface area (Å²) in [6.45, 7) is 5.74. The first kappa shape index (κ1) is 16.4. The van der Waals surface area contributed by atoms with Gasteiger partial charge in [0.25, 0.3) is 0 Å². The number of hydrogen-bond acceptors (Lipinski definition) is 4. The largest absolute Gasteiger partial charge is 0.329 e. The van der Waals surface area contributed by atoms with Gasteiger partial charge in [-0.25, -0.2) is 4.98 Å². The maximum atomic E-state index is 4.55. The van der Waals surface area contributed by atoms with E-state index in [9.17, 15) is 0 Å². The van der Waals surface area contributed by atoms with Crippen LogP contribution < -0.4 is 0 Å². The lowest BCUT2D eigenvalue weighted by atomic mass is 10.0. The molecule has 2 heterocycles. The first-order chi connectivity index (χ1) is 11.5. The van der Waals surface area contributed by atoms with Crippen LogP contribution in [-0.2, 0) is 13.1 Å². The first-order valence-electron chi connectivity index (χ1n) is 8.19. The molecule has 24 heavy (non-hydrogen) atoms. The van der Waals surface area contributed by atoms with Crippen LogP contribution in [0.25, 0.3) is 11.4 Å². The van der Waals surface area contributed by atoms with Crippen molar-refractivity contribution in [3.8, 4) is 11.4 Å². The van der Waals surface area contributed by atoms with Gasteiger partial charge in [-0.15, -0.1) is 5.10 Å². The number of nitrogens with zero attached hydrogens (tertiary/aromatic N) is 6. The molecule has 0 N–H and O–H groups in total. The molecule has 2 aromatic heterocycles. The van der Waals surface area contributed by atoms with Crippen molar-refractivity contribution >= 4 is 0 Å². The fraction of sp³-hybridized carbons (Fsp3) is 0.389. The molecule has 1 aromatic carbocycles. The van der Waals surface area contributed by atoms with Crippen LogP contribution in [0, 0.1) is 6.92 Å². The topological polar surface area (TPSA) is 51.8 Å². The Kier molecular flexibility index (Phi) is 4.76. The number of aromatic nitrogens is 5. The summed E-state index contributed by atoms with van der Waals surface area (Å²) in [4.78, 5) is 6.76. The van der Waals surface area contributed by atoms with Crippen LogP contribution in [0.3, 0.4) is 0 Å². The highest BCUT2D eigenvalue weighted by Gasteiger charge is 2.11. The van der Waals surface area contributed by atoms with Gasteiger partial charge in [0.2, 0.25) is 0 Å². The maximum absolute atomic E-state index is 4.55. The smallest absolute Gasteiger partial charge is 0.139 e. The van der Waals surface area contributed by atoms with Gasteiger partial charge < -0.3 is 9.47 Å². The Morgan fingerprint density at radius 2 is 2.04 bits per heavy atom. The van der Waals surface area contributed by atoms with E-state index in [2.05, 4.69) is 70.0 Å². The molecular formula is C18H24N6. The molecule has 0 radical (unpaired) electrons. The van der Waals surface area contributed by atoms with Crippen LogP contribution in [0.2, 0.25) is 0 Å². The van der Waals surface area contributed by atoms with E-state index in [1.807, 2.05) is 30.2 Å². The van der Waals surface area contributed by atoms with Crippen molar-refractivity contribution in [2.24, 2.45) is 0 Å². The average Bonchev–Trinajstić information content (AvgIpc) is 3.20. The van der Waals surface area contributed by atoms with Gasteiger partial charge in [0, 0.05) is 36.7 Å². The number of rotatable bonds is 6. The summed E-state index contributed by atoms with van der Waals surface area (Å²) in [6.07, 6.45) is 5.82. The van der Waals surface area contributed by atoms with Crippen LogP contribution in [0.1, 0.15) is 24.2 Å². The second kappa shape index (κ2) is 6.97. The van der Waals surface area contributed by atoms with Gasteiger partial charge in [-0.3, -0.25) is 4.68 Å². The molecule has 126 valence electrons. The van der Waals surface area contributed by atoms with E-state index in [1.54, 1.807) is 0 Å². The van der Waals surface area contributed by atoms with Crippen molar-refractivity contribution < 1.29 is 0 Å². The van der Waals surface area contributed by atoms with Crippen molar-refractivity contribution in [3.63, 3.8) is 0 Å². The zero-order chi connectivity index (χ0) is 17.1. The van der Waals surface area contributed by atoms with Crippen LogP contribution >= 0.6 is 0 Å². The molecule has 6 nitrogen and oxygen atoms in total. The fourth-order valence-corrected chi connectivity index (χ4v) is 2.70. The maximum Gasteiger partial charge on any atom is 0.139 e. The van der Waals surface area contributed by atoms with E-state index in [4.69, 9.17) is 0 Å². The third-order valence-corrected chi connectivity index (χ3v) is 4.34. The molecule has 0 spiro atoms. The number of aryl methyl sites for hydroxylation is 3. The predicted octanol–water partition coefficient (Wildman–Crippen LogP) is 2.77. The van der Waals surface area contributed by atoms with Gasteiger partial charge in [0.15, 0.2) is 0 Å². The first-order valence-corrected chi connectivity index (χ1v) is 8.19. The second-order valence-corrected chi connectivity index (χ2v) is 6.33. The molecule has 3 rings (SSSR count). The lowest BCUT2D eigenvalue weighted by Crippen LogP contribution is -2.16. The molecule has 0 aliphatic heterocycles. The van der Waals surface area contributed by atoms with E-state index in [1.165, 1.54) is 5.56 Å². The Morgan fingerprint density at radius 1 is 1.21 bits per heavy atom. The summed E-state index contributed by atoms with van der Waals surface area (Å²) in [5, 5.41) is 8.13. The Bertz CT molecular complexity index is 801. The molecule has 6 heteroatoms. The molecule has 0 bridgehead atoms. The highest BCUT2D eigenvalue weighted by molar-refractivity contribution is 5.57. The Balaban J connectivity index is 1.80. The summed E-state index contributed by atoms with van der Waals surface area (Å²) in [6, 6.07) is 8.98. The zero-order valence-corrected chi connectivity index (χ0v) is 14.7. The summed E-state index contributed by atoms with van der Waals surface area (Å²) >= 11 is 0. The third kappa shape index (κ3) is 3.54. The van der Waals surface area contributed by atoms with Crippen LogP contribution in [0.5, 0.6) is 0 Å². The predicted molar refractivity (Wildman–Crippen MR) is 94.5 cm³/mol.